The van der Waals surface area contributed by atoms with Gasteiger partial charge in [0.25, 0.3) is 0 Å². The lowest BCUT2D eigenvalue weighted by Crippen LogP contribution is -2.44. The van der Waals surface area contributed by atoms with E-state index in [4.69, 9.17) is 14.9 Å². The molecule has 2 rings (SSSR count). The van der Waals surface area contributed by atoms with Gasteiger partial charge in [-0.1, -0.05) is 30.3 Å². The van der Waals surface area contributed by atoms with Crippen molar-refractivity contribution in [1.29, 1.82) is 5.41 Å². The molecule has 3 amide bonds. The Balaban J connectivity index is 1.64. The minimum Gasteiger partial charge on any atom is -0.444 e. The smallest absolute Gasteiger partial charge is 0.407 e. The number of carbonyl (C=O) groups excluding carboxylic acids is 3. The fourth-order valence-electron chi connectivity index (χ4n) is 3.72. The first-order valence-corrected chi connectivity index (χ1v) is 11.9. The number of alkyl carbamates (subject to hydrolysis) is 1. The van der Waals surface area contributed by atoms with Crippen LogP contribution in [0.25, 0.3) is 0 Å². The monoisotopic (exact) mass is 474 g/mol. The second-order valence-corrected chi connectivity index (χ2v) is 9.36. The summed E-state index contributed by atoms with van der Waals surface area (Å²) >= 11 is 0. The van der Waals surface area contributed by atoms with Crippen LogP contribution in [0.15, 0.2) is 30.3 Å². The van der Waals surface area contributed by atoms with E-state index in [2.05, 4.69) is 10.6 Å². The summed E-state index contributed by atoms with van der Waals surface area (Å²) in [6.45, 7) is 7.35. The molecule has 1 fully saturated rings. The molecule has 0 spiro atoms. The number of benzene rings is 1. The summed E-state index contributed by atoms with van der Waals surface area (Å²) in [5.41, 5.74) is 0.434. The van der Waals surface area contributed by atoms with E-state index in [1.165, 1.54) is 6.21 Å². The van der Waals surface area contributed by atoms with E-state index < -0.39 is 11.7 Å². The Morgan fingerprint density at radius 1 is 1.15 bits per heavy atom. The van der Waals surface area contributed by atoms with E-state index in [-0.39, 0.29) is 36.8 Å². The lowest BCUT2D eigenvalue weighted by Gasteiger charge is -2.32. The van der Waals surface area contributed by atoms with Crippen molar-refractivity contribution in [2.75, 3.05) is 32.8 Å². The number of hydrogen-bond donors (Lipinski definition) is 3. The number of piperidine rings is 1. The van der Waals surface area contributed by atoms with Crippen LogP contribution in [0.1, 0.15) is 58.1 Å². The molecule has 9 heteroatoms. The molecule has 0 bridgehead atoms. The summed E-state index contributed by atoms with van der Waals surface area (Å²) < 4.78 is 10.6. The summed E-state index contributed by atoms with van der Waals surface area (Å²) in [6.07, 6.45) is 2.76. The van der Waals surface area contributed by atoms with Crippen molar-refractivity contribution >= 4 is 24.1 Å². The van der Waals surface area contributed by atoms with Crippen molar-refractivity contribution < 1.29 is 23.9 Å². The molecule has 1 heterocycles. The number of carbonyl (C=O) groups is 3. The van der Waals surface area contributed by atoms with Crippen LogP contribution in [-0.2, 0) is 19.1 Å². The van der Waals surface area contributed by atoms with Gasteiger partial charge in [-0.15, -0.1) is 0 Å². The summed E-state index contributed by atoms with van der Waals surface area (Å²) in [5, 5.41) is 13.1. The molecular weight excluding hydrogens is 436 g/mol. The molecule has 3 N–H and O–H groups in total. The van der Waals surface area contributed by atoms with Crippen LogP contribution < -0.4 is 10.6 Å². The van der Waals surface area contributed by atoms with Crippen LogP contribution in [0.5, 0.6) is 0 Å². The zero-order chi connectivity index (χ0) is 25.0. The van der Waals surface area contributed by atoms with E-state index in [1.807, 2.05) is 30.3 Å². The van der Waals surface area contributed by atoms with Crippen molar-refractivity contribution in [2.45, 2.75) is 58.1 Å². The van der Waals surface area contributed by atoms with Crippen LogP contribution >= 0.6 is 0 Å². The maximum Gasteiger partial charge on any atom is 0.407 e. The molecule has 0 radical (unpaired) electrons. The Kier molecular flexibility index (Phi) is 11.0. The topological polar surface area (TPSA) is 121 Å². The minimum absolute atomic E-state index is 0.00456. The van der Waals surface area contributed by atoms with Crippen molar-refractivity contribution in [3.8, 4) is 0 Å². The number of likely N-dealkylation sites (tertiary alicyclic amines) is 1. The van der Waals surface area contributed by atoms with E-state index >= 15 is 0 Å². The molecule has 1 aromatic carbocycles. The minimum atomic E-state index is -0.546. The summed E-state index contributed by atoms with van der Waals surface area (Å²) in [4.78, 5) is 38.6. The third-order valence-corrected chi connectivity index (χ3v) is 5.47. The molecule has 1 aliphatic rings. The second-order valence-electron chi connectivity index (χ2n) is 9.36. The highest BCUT2D eigenvalue weighted by atomic mass is 16.6. The summed E-state index contributed by atoms with van der Waals surface area (Å²) in [6, 6.07) is 9.45. The van der Waals surface area contributed by atoms with Gasteiger partial charge in [-0.2, -0.15) is 0 Å². The third-order valence-electron chi connectivity index (χ3n) is 5.47. The Morgan fingerprint density at radius 2 is 1.82 bits per heavy atom. The first-order valence-electron chi connectivity index (χ1n) is 11.9. The van der Waals surface area contributed by atoms with E-state index in [9.17, 15) is 14.4 Å². The van der Waals surface area contributed by atoms with Crippen LogP contribution in [-0.4, -0.2) is 67.5 Å². The molecule has 1 aliphatic heterocycles. The summed E-state index contributed by atoms with van der Waals surface area (Å²) in [7, 11) is 0. The van der Waals surface area contributed by atoms with Crippen LogP contribution in [0.2, 0.25) is 0 Å². The van der Waals surface area contributed by atoms with Gasteiger partial charge in [-0.3, -0.25) is 9.59 Å². The maximum atomic E-state index is 12.8. The maximum absolute atomic E-state index is 12.8. The largest absolute Gasteiger partial charge is 0.444 e. The van der Waals surface area contributed by atoms with E-state index in [0.29, 0.717) is 45.5 Å². The van der Waals surface area contributed by atoms with E-state index in [0.717, 1.165) is 5.56 Å². The number of nitrogens with zero attached hydrogens (tertiary/aromatic N) is 1. The highest BCUT2D eigenvalue weighted by molar-refractivity contribution is 5.81. The van der Waals surface area contributed by atoms with Gasteiger partial charge in [0.05, 0.1) is 25.7 Å². The Labute approximate surface area is 202 Å². The van der Waals surface area contributed by atoms with Gasteiger partial charge in [0, 0.05) is 32.0 Å². The van der Waals surface area contributed by atoms with Crippen molar-refractivity contribution in [1.82, 2.24) is 15.5 Å². The second kappa shape index (κ2) is 13.7. The average molecular weight is 475 g/mol. The Hall–Kier alpha value is -2.94. The van der Waals surface area contributed by atoms with Gasteiger partial charge in [-0.05, 0) is 45.4 Å². The lowest BCUT2D eigenvalue weighted by molar-refractivity contribution is -0.136. The predicted octanol–water partition coefficient (Wildman–Crippen LogP) is 3.05. The van der Waals surface area contributed by atoms with Gasteiger partial charge in [0.1, 0.15) is 5.60 Å². The van der Waals surface area contributed by atoms with Gasteiger partial charge in [0.15, 0.2) is 0 Å². The molecule has 1 saturated heterocycles. The zero-order valence-corrected chi connectivity index (χ0v) is 20.5. The normalized spacial score (nSPS) is 15.3. The molecule has 0 aromatic heterocycles. The molecule has 34 heavy (non-hydrogen) atoms. The highest BCUT2D eigenvalue weighted by Gasteiger charge is 2.28. The average Bonchev–Trinajstić information content (AvgIpc) is 2.80. The number of rotatable bonds is 11. The number of hydrogen-bond acceptors (Lipinski definition) is 6. The molecule has 0 aliphatic carbocycles. The number of amides is 3. The number of nitrogens with one attached hydrogen (secondary N) is 3. The molecular formula is C25H38N4O5. The van der Waals surface area contributed by atoms with E-state index in [1.54, 1.807) is 25.7 Å². The standard InChI is InChI=1S/C25H38N4O5/c1-25(2,3)34-24(32)27-14-18-33-17-12-22(30)29-15-10-20(11-16-29)23(31)28-21(9-13-26)19-7-5-4-6-8-19/h4-8,13,20-21,26H,9-12,14-18H2,1-3H3,(H,27,32)(H,28,31). The SMILES string of the molecule is CC(C)(C)OC(=O)NCCOCCC(=O)N1CCC(C(=O)NC(CC=N)c2ccccc2)CC1. The van der Waals surface area contributed by atoms with Crippen LogP contribution in [0.3, 0.4) is 0 Å². The van der Waals surface area contributed by atoms with Crippen molar-refractivity contribution in [2.24, 2.45) is 5.92 Å². The lowest BCUT2D eigenvalue weighted by atomic mass is 9.94. The van der Waals surface area contributed by atoms with Crippen molar-refractivity contribution in [3.05, 3.63) is 35.9 Å². The van der Waals surface area contributed by atoms with Gasteiger partial charge >= 0.3 is 6.09 Å². The number of ether oxygens (including phenoxy) is 2. The molecule has 0 saturated carbocycles. The summed E-state index contributed by atoms with van der Waals surface area (Å²) in [5.74, 6) is -0.162. The first kappa shape index (κ1) is 27.3. The molecule has 1 atom stereocenters. The predicted molar refractivity (Wildman–Crippen MR) is 130 cm³/mol. The van der Waals surface area contributed by atoms with Gasteiger partial charge in [0.2, 0.25) is 11.8 Å². The van der Waals surface area contributed by atoms with Gasteiger partial charge < -0.3 is 30.4 Å². The van der Waals surface area contributed by atoms with Gasteiger partial charge in [-0.25, -0.2) is 4.79 Å². The Bertz CT molecular complexity index is 801. The zero-order valence-electron chi connectivity index (χ0n) is 20.5. The van der Waals surface area contributed by atoms with Crippen LogP contribution in [0.4, 0.5) is 4.79 Å². The Morgan fingerprint density at radius 3 is 2.44 bits per heavy atom. The fourth-order valence-corrected chi connectivity index (χ4v) is 3.72. The fraction of sp³-hybridized carbons (Fsp3) is 0.600. The molecule has 1 aromatic rings. The molecule has 1 unspecified atom stereocenters. The molecule has 9 nitrogen and oxygen atoms in total. The highest BCUT2D eigenvalue weighted by Crippen LogP contribution is 2.21. The quantitative estimate of drug-likeness (QED) is 0.336. The molecule has 188 valence electrons. The van der Waals surface area contributed by atoms with Crippen LogP contribution in [0, 0.1) is 11.3 Å². The van der Waals surface area contributed by atoms with Crippen molar-refractivity contribution in [3.63, 3.8) is 0 Å². The third kappa shape index (κ3) is 9.91. The first-order chi connectivity index (χ1) is 16.2.